The van der Waals surface area contributed by atoms with Gasteiger partial charge in [0, 0.05) is 18.0 Å². The lowest BCUT2D eigenvalue weighted by Gasteiger charge is -2.22. The quantitative estimate of drug-likeness (QED) is 0.905. The Balaban J connectivity index is 2.79. The van der Waals surface area contributed by atoms with E-state index in [0.717, 1.165) is 11.3 Å². The maximum absolute atomic E-state index is 11.8. The Labute approximate surface area is 132 Å². The molecule has 1 N–H and O–H groups in total. The van der Waals surface area contributed by atoms with Crippen LogP contribution in [0, 0.1) is 6.92 Å². The summed E-state index contributed by atoms with van der Waals surface area (Å²) in [6, 6.07) is 1.73. The lowest BCUT2D eigenvalue weighted by atomic mass is 10.1. The van der Waals surface area contributed by atoms with Crippen LogP contribution in [0.5, 0.6) is 11.6 Å². The van der Waals surface area contributed by atoms with Crippen LogP contribution in [0.2, 0.25) is 0 Å². The van der Waals surface area contributed by atoms with E-state index in [-0.39, 0.29) is 6.04 Å². The number of alkyl carbamates (subject to hydrolysis) is 1. The molecule has 1 amide bonds. The molecule has 0 aliphatic rings. The van der Waals surface area contributed by atoms with Gasteiger partial charge in [0.15, 0.2) is 0 Å². The van der Waals surface area contributed by atoms with Crippen molar-refractivity contribution in [1.82, 2.24) is 10.3 Å². The van der Waals surface area contributed by atoms with Crippen molar-refractivity contribution in [3.05, 3.63) is 17.3 Å². The third-order valence-corrected chi connectivity index (χ3v) is 2.88. The molecule has 1 aromatic rings. The second kappa shape index (κ2) is 7.33. The highest BCUT2D eigenvalue weighted by atomic mass is 16.6. The molecular formula is C16H26N2O4. The molecule has 124 valence electrons. The number of hydrogen-bond acceptors (Lipinski definition) is 5. The molecule has 0 spiro atoms. The van der Waals surface area contributed by atoms with Crippen molar-refractivity contribution in [3.63, 3.8) is 0 Å². The average Bonchev–Trinajstić information content (AvgIpc) is 2.37. The Morgan fingerprint density at radius 2 is 1.95 bits per heavy atom. The van der Waals surface area contributed by atoms with Gasteiger partial charge in [-0.3, -0.25) is 0 Å². The zero-order chi connectivity index (χ0) is 16.9. The first-order valence-corrected chi connectivity index (χ1v) is 7.24. The standard InChI is InChI=1S/C16H26N2O4/c1-10-8-13(20-6)12(18-14(10)21-7)9-11(2)17-15(19)22-16(3,4)5/h8,11H,9H2,1-7H3,(H,17,19). The molecule has 0 radical (unpaired) electrons. The molecule has 0 saturated heterocycles. The Morgan fingerprint density at radius 3 is 2.45 bits per heavy atom. The highest BCUT2D eigenvalue weighted by Crippen LogP contribution is 2.25. The molecule has 1 rings (SSSR count). The predicted octanol–water partition coefficient (Wildman–Crippen LogP) is 2.86. The van der Waals surface area contributed by atoms with Crippen molar-refractivity contribution < 1.29 is 19.0 Å². The molecule has 0 aromatic carbocycles. The van der Waals surface area contributed by atoms with Crippen LogP contribution in [0.15, 0.2) is 6.07 Å². The minimum atomic E-state index is -0.521. The van der Waals surface area contributed by atoms with Crippen molar-refractivity contribution >= 4 is 6.09 Å². The number of carbonyl (C=O) groups is 1. The zero-order valence-electron chi connectivity index (χ0n) is 14.4. The number of amides is 1. The third kappa shape index (κ3) is 5.42. The first-order valence-electron chi connectivity index (χ1n) is 7.24. The Kier molecular flexibility index (Phi) is 6.02. The van der Waals surface area contributed by atoms with Gasteiger partial charge < -0.3 is 19.5 Å². The van der Waals surface area contributed by atoms with Gasteiger partial charge in [0.1, 0.15) is 11.4 Å². The number of carbonyl (C=O) groups excluding carboxylic acids is 1. The molecule has 1 unspecified atom stereocenters. The van der Waals surface area contributed by atoms with Crippen LogP contribution in [-0.2, 0) is 11.2 Å². The van der Waals surface area contributed by atoms with E-state index in [1.165, 1.54) is 0 Å². The summed E-state index contributed by atoms with van der Waals surface area (Å²) in [6.45, 7) is 9.27. The zero-order valence-corrected chi connectivity index (χ0v) is 14.4. The molecular weight excluding hydrogens is 284 g/mol. The number of aryl methyl sites for hydroxylation is 1. The Morgan fingerprint density at radius 1 is 1.32 bits per heavy atom. The van der Waals surface area contributed by atoms with E-state index in [9.17, 15) is 4.79 Å². The molecule has 22 heavy (non-hydrogen) atoms. The second-order valence-corrected chi connectivity index (χ2v) is 6.21. The first-order chi connectivity index (χ1) is 10.2. The van der Waals surface area contributed by atoms with E-state index in [2.05, 4.69) is 10.3 Å². The van der Waals surface area contributed by atoms with Gasteiger partial charge in [0.2, 0.25) is 5.88 Å². The summed E-state index contributed by atoms with van der Waals surface area (Å²) < 4.78 is 15.8. The fourth-order valence-electron chi connectivity index (χ4n) is 1.99. The number of rotatable bonds is 5. The summed E-state index contributed by atoms with van der Waals surface area (Å²) >= 11 is 0. The van der Waals surface area contributed by atoms with Gasteiger partial charge in [-0.15, -0.1) is 0 Å². The predicted molar refractivity (Wildman–Crippen MR) is 84.6 cm³/mol. The number of pyridine rings is 1. The summed E-state index contributed by atoms with van der Waals surface area (Å²) in [4.78, 5) is 16.2. The summed E-state index contributed by atoms with van der Waals surface area (Å²) in [7, 11) is 3.17. The van der Waals surface area contributed by atoms with E-state index in [0.29, 0.717) is 18.1 Å². The second-order valence-electron chi connectivity index (χ2n) is 6.21. The molecule has 0 bridgehead atoms. The van der Waals surface area contributed by atoms with Crippen molar-refractivity contribution in [1.29, 1.82) is 0 Å². The maximum atomic E-state index is 11.8. The molecule has 0 aliphatic heterocycles. The number of hydrogen-bond donors (Lipinski definition) is 1. The molecule has 0 saturated carbocycles. The van der Waals surface area contributed by atoms with Gasteiger partial charge in [0.25, 0.3) is 0 Å². The van der Waals surface area contributed by atoms with E-state index in [1.54, 1.807) is 14.2 Å². The summed E-state index contributed by atoms with van der Waals surface area (Å²) in [6.07, 6.45) is 0.0667. The lowest BCUT2D eigenvalue weighted by Crippen LogP contribution is -2.38. The van der Waals surface area contributed by atoms with Gasteiger partial charge in [-0.05, 0) is 40.7 Å². The SMILES string of the molecule is COc1cc(C)c(OC)nc1CC(C)NC(=O)OC(C)(C)C. The normalized spacial score (nSPS) is 12.5. The van der Waals surface area contributed by atoms with Crippen LogP contribution >= 0.6 is 0 Å². The van der Waals surface area contributed by atoms with Crippen molar-refractivity contribution in [2.45, 2.75) is 52.7 Å². The lowest BCUT2D eigenvalue weighted by molar-refractivity contribution is 0.0508. The molecule has 1 atom stereocenters. The average molecular weight is 310 g/mol. The summed E-state index contributed by atoms with van der Waals surface area (Å²) in [5.41, 5.74) is 1.11. The molecule has 6 heteroatoms. The fraction of sp³-hybridized carbons (Fsp3) is 0.625. The van der Waals surface area contributed by atoms with Crippen LogP contribution in [-0.4, -0.2) is 36.9 Å². The van der Waals surface area contributed by atoms with Crippen LogP contribution in [0.1, 0.15) is 39.0 Å². The van der Waals surface area contributed by atoms with E-state index >= 15 is 0 Å². The summed E-state index contributed by atoms with van der Waals surface area (Å²) in [5.74, 6) is 1.23. The number of ether oxygens (including phenoxy) is 3. The van der Waals surface area contributed by atoms with Crippen LogP contribution in [0.3, 0.4) is 0 Å². The minimum absolute atomic E-state index is 0.149. The number of aromatic nitrogens is 1. The minimum Gasteiger partial charge on any atom is -0.495 e. The van der Waals surface area contributed by atoms with Gasteiger partial charge in [-0.1, -0.05) is 0 Å². The maximum Gasteiger partial charge on any atom is 0.407 e. The van der Waals surface area contributed by atoms with E-state index < -0.39 is 11.7 Å². The van der Waals surface area contributed by atoms with Crippen LogP contribution < -0.4 is 14.8 Å². The number of nitrogens with one attached hydrogen (secondary N) is 1. The number of nitrogens with zero attached hydrogens (tertiary/aromatic N) is 1. The van der Waals surface area contributed by atoms with Gasteiger partial charge in [0.05, 0.1) is 19.9 Å². The van der Waals surface area contributed by atoms with Crippen molar-refractivity contribution in [2.24, 2.45) is 0 Å². The molecule has 1 heterocycles. The Hall–Kier alpha value is -1.98. The van der Waals surface area contributed by atoms with Gasteiger partial charge >= 0.3 is 6.09 Å². The smallest absolute Gasteiger partial charge is 0.407 e. The largest absolute Gasteiger partial charge is 0.495 e. The molecule has 0 aliphatic carbocycles. The van der Waals surface area contributed by atoms with Gasteiger partial charge in [-0.2, -0.15) is 0 Å². The monoisotopic (exact) mass is 310 g/mol. The highest BCUT2D eigenvalue weighted by Gasteiger charge is 2.19. The molecule has 0 fully saturated rings. The Bertz CT molecular complexity index is 524. The van der Waals surface area contributed by atoms with Crippen LogP contribution in [0.25, 0.3) is 0 Å². The summed E-state index contributed by atoms with van der Waals surface area (Å²) in [5, 5.41) is 2.79. The van der Waals surface area contributed by atoms with E-state index in [1.807, 2.05) is 40.7 Å². The fourth-order valence-corrected chi connectivity index (χ4v) is 1.99. The van der Waals surface area contributed by atoms with Crippen molar-refractivity contribution in [3.8, 4) is 11.6 Å². The van der Waals surface area contributed by atoms with Crippen LogP contribution in [0.4, 0.5) is 4.79 Å². The van der Waals surface area contributed by atoms with E-state index in [4.69, 9.17) is 14.2 Å². The van der Waals surface area contributed by atoms with Crippen molar-refractivity contribution in [2.75, 3.05) is 14.2 Å². The number of methoxy groups -OCH3 is 2. The topological polar surface area (TPSA) is 69.7 Å². The highest BCUT2D eigenvalue weighted by molar-refractivity contribution is 5.68. The molecule has 6 nitrogen and oxygen atoms in total. The molecule has 1 aromatic heterocycles. The first kappa shape index (κ1) is 18.1. The third-order valence-electron chi connectivity index (χ3n) is 2.88. The van der Waals surface area contributed by atoms with Gasteiger partial charge in [-0.25, -0.2) is 9.78 Å².